The van der Waals surface area contributed by atoms with Gasteiger partial charge in [-0.2, -0.15) is 5.26 Å². The molecule has 6 heteroatoms. The highest BCUT2D eigenvalue weighted by molar-refractivity contribution is 6.04. The second-order valence-corrected chi connectivity index (χ2v) is 16.1. The van der Waals surface area contributed by atoms with Crippen LogP contribution in [-0.4, -0.2) is 21.8 Å². The van der Waals surface area contributed by atoms with Crippen LogP contribution in [0.2, 0.25) is 0 Å². The quantitative estimate of drug-likeness (QED) is 0.243. The van der Waals surface area contributed by atoms with Crippen molar-refractivity contribution in [3.05, 3.63) is 35.1 Å². The van der Waals surface area contributed by atoms with Gasteiger partial charge in [0.2, 0.25) is 11.8 Å². The van der Waals surface area contributed by atoms with Gasteiger partial charge in [0.05, 0.1) is 5.57 Å². The van der Waals surface area contributed by atoms with E-state index in [0.717, 1.165) is 50.5 Å². The van der Waals surface area contributed by atoms with E-state index in [-0.39, 0.29) is 44.7 Å². The fourth-order valence-corrected chi connectivity index (χ4v) is 8.27. The number of ketones is 2. The molecule has 3 rings (SSSR count). The van der Waals surface area contributed by atoms with Gasteiger partial charge < -0.3 is 4.42 Å². The van der Waals surface area contributed by atoms with Crippen molar-refractivity contribution in [1.29, 1.82) is 5.26 Å². The molecule has 0 spiro atoms. The average molecular weight is 578 g/mol. The van der Waals surface area contributed by atoms with Crippen LogP contribution in [0, 0.1) is 51.2 Å². The Hall–Kier alpha value is -2.55. The first kappa shape index (κ1) is 33.9. The van der Waals surface area contributed by atoms with Gasteiger partial charge in [-0.1, -0.05) is 87.3 Å². The third kappa shape index (κ3) is 6.08. The SMILES string of the molecule is CCCC(C)(C)CC[C@@](C)(CCC(C)(C)[C@]1(C)CC[C@H]2C(C)(C)C(=O)C(C#N)=C[C@]2(C)/C1=C/C(C)=O)c1nnc(C)o1. The summed E-state index contributed by atoms with van der Waals surface area (Å²) in [4.78, 5) is 26.1. The lowest BCUT2D eigenvalue weighted by atomic mass is 9.42. The molecule has 0 N–H and O–H groups in total. The number of Topliss-reactive ketones (excluding diaryl/α,β-unsaturated/α-hetero) is 1. The predicted molar refractivity (Wildman–Crippen MR) is 168 cm³/mol. The first-order valence-electron chi connectivity index (χ1n) is 15.9. The molecular formula is C36H55N3O3. The standard InChI is InChI=1S/C36H55N3O3/c1-13-15-31(4,5)17-19-34(10,30-39-38-25(3)42-30)20-18-32(6,7)36(12)16-14-27-33(8,9)29(41)26(23-37)22-35(27,11)28(36)21-24(2)40/h21-22,27H,13-20H2,1-12H3/b28-21-/t27-,34-,35-,36+/m0/s1. The Labute approximate surface area is 254 Å². The third-order valence-corrected chi connectivity index (χ3v) is 11.6. The largest absolute Gasteiger partial charge is 0.425 e. The molecule has 42 heavy (non-hydrogen) atoms. The number of allylic oxidation sites excluding steroid dienone is 4. The van der Waals surface area contributed by atoms with E-state index in [2.05, 4.69) is 71.7 Å². The van der Waals surface area contributed by atoms with Crippen LogP contribution in [0.25, 0.3) is 0 Å². The Morgan fingerprint density at radius 2 is 1.69 bits per heavy atom. The number of fused-ring (bicyclic) bond motifs is 1. The minimum Gasteiger partial charge on any atom is -0.425 e. The van der Waals surface area contributed by atoms with Gasteiger partial charge in [-0.25, -0.2) is 0 Å². The summed E-state index contributed by atoms with van der Waals surface area (Å²) >= 11 is 0. The van der Waals surface area contributed by atoms with Crippen molar-refractivity contribution < 1.29 is 14.0 Å². The first-order chi connectivity index (χ1) is 19.2. The molecule has 232 valence electrons. The summed E-state index contributed by atoms with van der Waals surface area (Å²) < 4.78 is 6.08. The number of nitrogens with zero attached hydrogens (tertiary/aromatic N) is 3. The van der Waals surface area contributed by atoms with Gasteiger partial charge in [0.25, 0.3) is 0 Å². The topological polar surface area (TPSA) is 96.8 Å². The Balaban J connectivity index is 2.05. The van der Waals surface area contributed by atoms with Crippen molar-refractivity contribution in [3.8, 4) is 6.07 Å². The lowest BCUT2D eigenvalue weighted by Crippen LogP contribution is -2.55. The van der Waals surface area contributed by atoms with E-state index in [1.807, 2.05) is 32.9 Å². The lowest BCUT2D eigenvalue weighted by Gasteiger charge is -2.61. The fourth-order valence-electron chi connectivity index (χ4n) is 8.27. The second-order valence-electron chi connectivity index (χ2n) is 16.1. The summed E-state index contributed by atoms with van der Waals surface area (Å²) in [6.45, 7) is 25.7. The van der Waals surface area contributed by atoms with Gasteiger partial charge in [0.1, 0.15) is 6.07 Å². The molecule has 6 nitrogen and oxygen atoms in total. The molecule has 0 aliphatic heterocycles. The van der Waals surface area contributed by atoms with Crippen LogP contribution < -0.4 is 0 Å². The summed E-state index contributed by atoms with van der Waals surface area (Å²) in [7, 11) is 0. The van der Waals surface area contributed by atoms with Crippen molar-refractivity contribution in [1.82, 2.24) is 10.2 Å². The molecule has 0 bridgehead atoms. The summed E-state index contributed by atoms with van der Waals surface area (Å²) in [6.07, 6.45) is 11.5. The van der Waals surface area contributed by atoms with E-state index >= 15 is 0 Å². The summed E-state index contributed by atoms with van der Waals surface area (Å²) in [5, 5.41) is 18.6. The maximum Gasteiger partial charge on any atom is 0.222 e. The van der Waals surface area contributed by atoms with E-state index in [4.69, 9.17) is 4.42 Å². The molecule has 1 fully saturated rings. The minimum atomic E-state index is -0.685. The summed E-state index contributed by atoms with van der Waals surface area (Å²) in [5.74, 6) is 1.21. The minimum absolute atomic E-state index is 0.000146. The molecule has 0 radical (unpaired) electrons. The van der Waals surface area contributed by atoms with Gasteiger partial charge in [-0.3, -0.25) is 9.59 Å². The van der Waals surface area contributed by atoms with Crippen LogP contribution in [0.3, 0.4) is 0 Å². The highest BCUT2D eigenvalue weighted by Gasteiger charge is 2.61. The number of nitriles is 1. The highest BCUT2D eigenvalue weighted by Crippen LogP contribution is 2.67. The molecule has 2 aliphatic carbocycles. The normalized spacial score (nSPS) is 28.5. The maximum absolute atomic E-state index is 13.3. The Kier molecular flexibility index (Phi) is 9.30. The Morgan fingerprint density at radius 3 is 2.21 bits per heavy atom. The number of aromatic nitrogens is 2. The molecule has 1 aromatic rings. The van der Waals surface area contributed by atoms with Crippen LogP contribution in [0.4, 0.5) is 0 Å². The second kappa shape index (κ2) is 11.5. The number of hydrogen-bond acceptors (Lipinski definition) is 6. The zero-order chi connectivity index (χ0) is 31.9. The van der Waals surface area contributed by atoms with E-state index < -0.39 is 10.8 Å². The van der Waals surface area contributed by atoms with Gasteiger partial charge in [-0.15, -0.1) is 10.2 Å². The Bertz CT molecular complexity index is 1310. The highest BCUT2D eigenvalue weighted by atomic mass is 16.4. The van der Waals surface area contributed by atoms with Crippen LogP contribution in [0.5, 0.6) is 0 Å². The van der Waals surface area contributed by atoms with Crippen LogP contribution >= 0.6 is 0 Å². The van der Waals surface area contributed by atoms with E-state index in [9.17, 15) is 14.9 Å². The van der Waals surface area contributed by atoms with Crippen LogP contribution in [0.1, 0.15) is 139 Å². The number of rotatable bonds is 11. The maximum atomic E-state index is 13.3. The van der Waals surface area contributed by atoms with E-state index in [0.29, 0.717) is 11.8 Å². The molecule has 0 unspecified atom stereocenters. The smallest absolute Gasteiger partial charge is 0.222 e. The molecule has 1 heterocycles. The van der Waals surface area contributed by atoms with Gasteiger partial charge in [0, 0.05) is 23.2 Å². The number of hydrogen-bond donors (Lipinski definition) is 0. The fraction of sp³-hybridized carbons (Fsp3) is 0.750. The van der Waals surface area contributed by atoms with Gasteiger partial charge in [-0.05, 0) is 80.1 Å². The van der Waals surface area contributed by atoms with Crippen molar-refractivity contribution in [2.75, 3.05) is 0 Å². The van der Waals surface area contributed by atoms with Crippen molar-refractivity contribution in [2.24, 2.45) is 33.0 Å². The number of aryl methyl sites for hydroxylation is 1. The molecule has 1 saturated carbocycles. The van der Waals surface area contributed by atoms with Crippen LogP contribution in [0.15, 0.2) is 27.7 Å². The molecule has 0 aromatic carbocycles. The van der Waals surface area contributed by atoms with Crippen molar-refractivity contribution in [3.63, 3.8) is 0 Å². The predicted octanol–water partition coefficient (Wildman–Crippen LogP) is 9.05. The number of carbonyl (C=O) groups is 2. The van der Waals surface area contributed by atoms with Crippen LogP contribution in [-0.2, 0) is 15.0 Å². The molecule has 0 saturated heterocycles. The van der Waals surface area contributed by atoms with Crippen molar-refractivity contribution in [2.45, 2.75) is 140 Å². The Morgan fingerprint density at radius 1 is 1.07 bits per heavy atom. The zero-order valence-corrected chi connectivity index (χ0v) is 28.5. The molecule has 2 aliphatic rings. The molecule has 4 atom stereocenters. The zero-order valence-electron chi connectivity index (χ0n) is 28.5. The van der Waals surface area contributed by atoms with Gasteiger partial charge in [0.15, 0.2) is 11.6 Å². The monoisotopic (exact) mass is 577 g/mol. The summed E-state index contributed by atoms with van der Waals surface area (Å²) in [5.41, 5.74) is -0.578. The third-order valence-electron chi connectivity index (χ3n) is 11.6. The van der Waals surface area contributed by atoms with E-state index in [1.165, 1.54) is 6.42 Å². The first-order valence-corrected chi connectivity index (χ1v) is 15.9. The summed E-state index contributed by atoms with van der Waals surface area (Å²) in [6, 6.07) is 2.18. The van der Waals surface area contributed by atoms with E-state index in [1.54, 1.807) is 6.92 Å². The van der Waals surface area contributed by atoms with Crippen molar-refractivity contribution >= 4 is 11.6 Å². The van der Waals surface area contributed by atoms with Gasteiger partial charge >= 0.3 is 0 Å². The molecule has 1 aromatic heterocycles. The molecular weight excluding hydrogens is 522 g/mol. The molecule has 0 amide bonds. The average Bonchev–Trinajstić information content (AvgIpc) is 3.33. The lowest BCUT2D eigenvalue weighted by molar-refractivity contribution is -0.131. The number of carbonyl (C=O) groups excluding carboxylic acids is 2.